The van der Waals surface area contributed by atoms with Gasteiger partial charge in [0.2, 0.25) is 0 Å². The van der Waals surface area contributed by atoms with Crippen molar-refractivity contribution in [3.05, 3.63) is 41.3 Å². The minimum absolute atomic E-state index is 0.113. The van der Waals surface area contributed by atoms with Gasteiger partial charge in [-0.1, -0.05) is 12.1 Å². The van der Waals surface area contributed by atoms with Crippen LogP contribution < -0.4 is 5.73 Å². The third-order valence-corrected chi connectivity index (χ3v) is 1.32. The zero-order valence-electron chi connectivity index (χ0n) is 6.29. The highest BCUT2D eigenvalue weighted by Gasteiger charge is 1.90. The molecule has 0 amide bonds. The summed E-state index contributed by atoms with van der Waals surface area (Å²) in [5.41, 5.74) is 6.08. The molecule has 1 aromatic carbocycles. The first-order chi connectivity index (χ1) is 5.72. The Morgan fingerprint density at radius 2 is 2.00 bits per heavy atom. The van der Waals surface area contributed by atoms with Gasteiger partial charge in [0, 0.05) is 0 Å². The Labute approximate surface area is 69.7 Å². The fourth-order valence-corrected chi connectivity index (χ4v) is 0.771. The van der Waals surface area contributed by atoms with Gasteiger partial charge in [-0.2, -0.15) is 5.26 Å². The Bertz CT molecular complexity index is 333. The summed E-state index contributed by atoms with van der Waals surface area (Å²) in [6, 6.07) is 7.52. The Morgan fingerprint density at radius 1 is 1.42 bits per heavy atom. The molecule has 0 saturated heterocycles. The quantitative estimate of drug-likeness (QED) is 0.638. The van der Waals surface area contributed by atoms with Crippen LogP contribution in [0.1, 0.15) is 5.56 Å². The van der Waals surface area contributed by atoms with Crippen molar-refractivity contribution in [2.75, 3.05) is 0 Å². The highest BCUT2D eigenvalue weighted by molar-refractivity contribution is 5.55. The lowest BCUT2D eigenvalue weighted by Gasteiger charge is -1.92. The van der Waals surface area contributed by atoms with Gasteiger partial charge in [-0.05, 0) is 23.8 Å². The molecule has 0 aliphatic carbocycles. The highest BCUT2D eigenvalue weighted by atomic mass is 19.1. The number of nitriles is 1. The fourth-order valence-electron chi connectivity index (χ4n) is 0.771. The molecule has 60 valence electrons. The smallest absolute Gasteiger partial charge is 0.123 e. The maximum absolute atomic E-state index is 12.4. The van der Waals surface area contributed by atoms with Crippen LogP contribution in [0.3, 0.4) is 0 Å². The van der Waals surface area contributed by atoms with Crippen LogP contribution in [0.4, 0.5) is 4.39 Å². The average Bonchev–Trinajstić information content (AvgIpc) is 2.09. The molecule has 2 N–H and O–H groups in total. The van der Waals surface area contributed by atoms with Gasteiger partial charge in [0.1, 0.15) is 17.6 Å². The van der Waals surface area contributed by atoms with E-state index >= 15 is 0 Å². The van der Waals surface area contributed by atoms with E-state index in [-0.39, 0.29) is 11.5 Å². The minimum atomic E-state index is -0.303. The number of allylic oxidation sites excluding steroid dienone is 1. The topological polar surface area (TPSA) is 49.8 Å². The lowest BCUT2D eigenvalue weighted by atomic mass is 10.2. The molecule has 1 rings (SSSR count). The third-order valence-electron chi connectivity index (χ3n) is 1.32. The molecule has 2 nitrogen and oxygen atoms in total. The SMILES string of the molecule is N#CC(N)=Cc1ccc(F)cc1. The number of halogens is 1. The van der Waals surface area contributed by atoms with E-state index in [2.05, 4.69) is 0 Å². The van der Waals surface area contributed by atoms with Crippen LogP contribution in [0, 0.1) is 17.1 Å². The van der Waals surface area contributed by atoms with Gasteiger partial charge in [-0.3, -0.25) is 0 Å². The van der Waals surface area contributed by atoms with E-state index in [0.717, 1.165) is 5.56 Å². The number of nitrogens with zero attached hydrogens (tertiary/aromatic N) is 1. The van der Waals surface area contributed by atoms with Gasteiger partial charge in [0.25, 0.3) is 0 Å². The molecule has 12 heavy (non-hydrogen) atoms. The Balaban J connectivity index is 2.93. The molecule has 3 heteroatoms. The summed E-state index contributed by atoms with van der Waals surface area (Å²) in [7, 11) is 0. The molecule has 0 fully saturated rings. The molecule has 0 saturated carbocycles. The molecule has 0 aliphatic heterocycles. The van der Waals surface area contributed by atoms with E-state index in [4.69, 9.17) is 11.0 Å². The second kappa shape index (κ2) is 3.54. The van der Waals surface area contributed by atoms with Gasteiger partial charge in [-0.15, -0.1) is 0 Å². The maximum Gasteiger partial charge on any atom is 0.123 e. The lowest BCUT2D eigenvalue weighted by Crippen LogP contribution is -1.91. The van der Waals surface area contributed by atoms with E-state index in [1.165, 1.54) is 18.2 Å². The number of benzene rings is 1. The Kier molecular flexibility index (Phi) is 2.44. The minimum Gasteiger partial charge on any atom is -0.390 e. The highest BCUT2D eigenvalue weighted by Crippen LogP contribution is 2.05. The number of hydrogen-bond donors (Lipinski definition) is 1. The summed E-state index contributed by atoms with van der Waals surface area (Å²) in [5.74, 6) is -0.303. The van der Waals surface area contributed by atoms with Crippen molar-refractivity contribution in [2.24, 2.45) is 5.73 Å². The van der Waals surface area contributed by atoms with Gasteiger partial charge in [-0.25, -0.2) is 4.39 Å². The van der Waals surface area contributed by atoms with Crippen molar-refractivity contribution in [3.8, 4) is 6.07 Å². The van der Waals surface area contributed by atoms with Gasteiger partial charge in [0.05, 0.1) is 0 Å². The van der Waals surface area contributed by atoms with E-state index in [9.17, 15) is 4.39 Å². The summed E-state index contributed by atoms with van der Waals surface area (Å²) < 4.78 is 12.4. The summed E-state index contributed by atoms with van der Waals surface area (Å²) in [6.07, 6.45) is 1.49. The predicted octanol–water partition coefficient (Wildman–Crippen LogP) is 1.65. The normalized spacial score (nSPS) is 10.8. The molecule has 0 aromatic heterocycles. The van der Waals surface area contributed by atoms with Crippen LogP contribution >= 0.6 is 0 Å². The van der Waals surface area contributed by atoms with Crippen molar-refractivity contribution in [2.45, 2.75) is 0 Å². The molecule has 0 spiro atoms. The Hall–Kier alpha value is -1.82. The molecule has 0 atom stereocenters. The molecule has 1 aromatic rings. The fraction of sp³-hybridized carbons (Fsp3) is 0. The first kappa shape index (κ1) is 8.28. The van der Waals surface area contributed by atoms with Crippen molar-refractivity contribution in [1.82, 2.24) is 0 Å². The molecule has 0 bridgehead atoms. The second-order valence-corrected chi connectivity index (χ2v) is 2.26. The average molecular weight is 162 g/mol. The second-order valence-electron chi connectivity index (χ2n) is 2.26. The monoisotopic (exact) mass is 162 g/mol. The Morgan fingerprint density at radius 3 is 2.50 bits per heavy atom. The van der Waals surface area contributed by atoms with Crippen molar-refractivity contribution in [1.29, 1.82) is 5.26 Å². The van der Waals surface area contributed by atoms with Crippen LogP contribution in [0.5, 0.6) is 0 Å². The summed E-state index contributed by atoms with van der Waals surface area (Å²) in [4.78, 5) is 0. The number of rotatable bonds is 1. The first-order valence-electron chi connectivity index (χ1n) is 3.35. The summed E-state index contributed by atoms with van der Waals surface area (Å²) in [5, 5.41) is 8.33. The van der Waals surface area contributed by atoms with Crippen molar-refractivity contribution in [3.63, 3.8) is 0 Å². The van der Waals surface area contributed by atoms with Crippen molar-refractivity contribution < 1.29 is 4.39 Å². The lowest BCUT2D eigenvalue weighted by molar-refractivity contribution is 0.628. The van der Waals surface area contributed by atoms with Crippen LogP contribution in [0.2, 0.25) is 0 Å². The largest absolute Gasteiger partial charge is 0.390 e. The zero-order valence-corrected chi connectivity index (χ0v) is 6.29. The van der Waals surface area contributed by atoms with E-state index < -0.39 is 0 Å². The van der Waals surface area contributed by atoms with Crippen LogP contribution in [0.25, 0.3) is 6.08 Å². The summed E-state index contributed by atoms with van der Waals surface area (Å²) >= 11 is 0. The zero-order chi connectivity index (χ0) is 8.97. The van der Waals surface area contributed by atoms with Crippen LogP contribution in [-0.2, 0) is 0 Å². The molecular formula is C9H7FN2. The van der Waals surface area contributed by atoms with Gasteiger partial charge < -0.3 is 5.73 Å². The maximum atomic E-state index is 12.4. The van der Waals surface area contributed by atoms with E-state index in [1.807, 2.05) is 0 Å². The summed E-state index contributed by atoms with van der Waals surface area (Å²) in [6.45, 7) is 0. The molecule has 0 radical (unpaired) electrons. The van der Waals surface area contributed by atoms with E-state index in [1.54, 1.807) is 18.2 Å². The van der Waals surface area contributed by atoms with Gasteiger partial charge in [0.15, 0.2) is 0 Å². The van der Waals surface area contributed by atoms with E-state index in [0.29, 0.717) is 0 Å². The van der Waals surface area contributed by atoms with Crippen molar-refractivity contribution >= 4 is 6.08 Å². The molecular weight excluding hydrogens is 155 g/mol. The first-order valence-corrected chi connectivity index (χ1v) is 3.35. The number of hydrogen-bond acceptors (Lipinski definition) is 2. The molecule has 0 unspecified atom stereocenters. The van der Waals surface area contributed by atoms with Gasteiger partial charge >= 0.3 is 0 Å². The third kappa shape index (κ3) is 2.10. The predicted molar refractivity (Wildman–Crippen MR) is 44.2 cm³/mol. The standard InChI is InChI=1S/C9H7FN2/c10-8-3-1-7(2-4-8)5-9(12)6-11/h1-5H,12H2. The van der Waals surface area contributed by atoms with Crippen LogP contribution in [0.15, 0.2) is 30.0 Å². The molecule has 0 aliphatic rings. The number of nitrogens with two attached hydrogens (primary N) is 1. The van der Waals surface area contributed by atoms with Crippen LogP contribution in [-0.4, -0.2) is 0 Å². The molecule has 0 heterocycles.